The summed E-state index contributed by atoms with van der Waals surface area (Å²) in [6.07, 6.45) is 1.46. The van der Waals surface area contributed by atoms with Crippen molar-refractivity contribution < 1.29 is 4.79 Å². The van der Waals surface area contributed by atoms with E-state index in [1.54, 1.807) is 0 Å². The number of fused-ring (bicyclic) bond motifs is 1. The summed E-state index contributed by atoms with van der Waals surface area (Å²) >= 11 is 0. The van der Waals surface area contributed by atoms with Crippen LogP contribution in [0.3, 0.4) is 0 Å². The number of amides is 1. The first-order valence-electron chi connectivity index (χ1n) is 9.29. The van der Waals surface area contributed by atoms with Gasteiger partial charge < -0.3 is 10.4 Å². The molecule has 4 rings (SSSR count). The van der Waals surface area contributed by atoms with Crippen LogP contribution in [-0.4, -0.2) is 21.4 Å². The van der Waals surface area contributed by atoms with Gasteiger partial charge in [0.1, 0.15) is 0 Å². The molecule has 0 saturated heterocycles. The van der Waals surface area contributed by atoms with Crippen molar-refractivity contribution in [3.05, 3.63) is 83.7 Å². The molecule has 6 nitrogen and oxygen atoms in total. The molecule has 1 atom stereocenters. The number of hydrogen-bond acceptors (Lipinski definition) is 4. The van der Waals surface area contributed by atoms with Crippen molar-refractivity contribution in [2.24, 2.45) is 0 Å². The molecular formula is C22H20N5O-. The summed E-state index contributed by atoms with van der Waals surface area (Å²) in [6.45, 7) is 2.12. The van der Waals surface area contributed by atoms with Crippen LogP contribution in [0.2, 0.25) is 0 Å². The molecule has 1 aromatic heterocycles. The van der Waals surface area contributed by atoms with Crippen molar-refractivity contribution in [2.45, 2.75) is 25.7 Å². The molecule has 1 heterocycles. The molecule has 0 radical (unpaired) electrons. The predicted octanol–water partition coefficient (Wildman–Crippen LogP) is 3.51. The van der Waals surface area contributed by atoms with Gasteiger partial charge in [-0.1, -0.05) is 67.6 Å². The lowest BCUT2D eigenvalue weighted by Gasteiger charge is -2.18. The minimum absolute atomic E-state index is 0.175. The number of nitrogens with zero attached hydrogens (tertiary/aromatic N) is 4. The second kappa shape index (κ2) is 8.00. The lowest BCUT2D eigenvalue weighted by atomic mass is 9.96. The lowest BCUT2D eigenvalue weighted by molar-refractivity contribution is -0.117. The van der Waals surface area contributed by atoms with Crippen LogP contribution in [0.25, 0.3) is 10.8 Å². The maximum Gasteiger partial charge on any atom is 0.232 e. The summed E-state index contributed by atoms with van der Waals surface area (Å²) in [5.41, 5.74) is 3.07. The van der Waals surface area contributed by atoms with E-state index in [4.69, 9.17) is 0 Å². The molecule has 3 aromatic carbocycles. The molecule has 0 saturated carbocycles. The zero-order valence-corrected chi connectivity index (χ0v) is 15.5. The number of nitrogens with one attached hydrogen (secondary N) is 1. The predicted molar refractivity (Wildman–Crippen MR) is 108 cm³/mol. The zero-order valence-electron chi connectivity index (χ0n) is 15.5. The van der Waals surface area contributed by atoms with E-state index in [0.29, 0.717) is 12.2 Å². The molecule has 0 bridgehead atoms. The van der Waals surface area contributed by atoms with Crippen molar-refractivity contribution in [3.8, 4) is 0 Å². The molecule has 4 aromatic rings. The van der Waals surface area contributed by atoms with Crippen LogP contribution in [0.1, 0.15) is 29.8 Å². The molecule has 0 unspecified atom stereocenters. The Morgan fingerprint density at radius 3 is 2.50 bits per heavy atom. The van der Waals surface area contributed by atoms with Gasteiger partial charge in [-0.15, -0.1) is 0 Å². The number of carbonyl (C=O) groups excluding carboxylic acids is 1. The number of rotatable bonds is 6. The summed E-state index contributed by atoms with van der Waals surface area (Å²) in [4.78, 5) is 13.1. The number of tetrazole rings is 1. The Kier molecular flexibility index (Phi) is 5.10. The van der Waals surface area contributed by atoms with Crippen molar-refractivity contribution in [3.63, 3.8) is 0 Å². The van der Waals surface area contributed by atoms with Gasteiger partial charge in [0.05, 0.1) is 5.92 Å². The number of carbonyl (C=O) groups is 1. The first-order chi connectivity index (χ1) is 13.7. The van der Waals surface area contributed by atoms with Gasteiger partial charge in [-0.2, -0.15) is 5.21 Å². The molecule has 0 fully saturated rings. The van der Waals surface area contributed by atoms with Crippen molar-refractivity contribution >= 4 is 22.4 Å². The van der Waals surface area contributed by atoms with E-state index in [9.17, 15) is 4.79 Å². The van der Waals surface area contributed by atoms with E-state index in [1.165, 1.54) is 5.56 Å². The van der Waals surface area contributed by atoms with Crippen LogP contribution < -0.4 is 10.4 Å². The summed E-state index contributed by atoms with van der Waals surface area (Å²) in [5, 5.41) is 20.1. The number of hydrogen-bond donors (Lipinski definition) is 1. The lowest BCUT2D eigenvalue weighted by Crippen LogP contribution is -2.24. The number of aryl methyl sites for hydroxylation is 1. The van der Waals surface area contributed by atoms with Crippen molar-refractivity contribution in [1.82, 2.24) is 20.6 Å². The number of benzene rings is 3. The minimum atomic E-state index is -0.568. The Bertz CT molecular complexity index is 1070. The highest BCUT2D eigenvalue weighted by atomic mass is 16.1. The van der Waals surface area contributed by atoms with E-state index < -0.39 is 5.92 Å². The van der Waals surface area contributed by atoms with Gasteiger partial charge in [-0.3, -0.25) is 15.1 Å². The summed E-state index contributed by atoms with van der Waals surface area (Å²) in [6, 6.07) is 22.0. The zero-order chi connectivity index (χ0) is 19.3. The summed E-state index contributed by atoms with van der Waals surface area (Å²) < 4.78 is 0. The van der Waals surface area contributed by atoms with E-state index in [2.05, 4.69) is 45.0 Å². The average Bonchev–Trinajstić information content (AvgIpc) is 3.27. The van der Waals surface area contributed by atoms with Gasteiger partial charge in [-0.05, 0) is 35.4 Å². The highest BCUT2D eigenvalue weighted by Crippen LogP contribution is 2.25. The third kappa shape index (κ3) is 3.76. The SMILES string of the molecule is CCc1ccc(C[C@@H](C(=O)Nc2cccc3ccccc23)c2nnn[n-]2)cc1. The van der Waals surface area contributed by atoms with Crippen LogP contribution in [0, 0.1) is 0 Å². The fourth-order valence-electron chi connectivity index (χ4n) is 3.29. The third-order valence-electron chi connectivity index (χ3n) is 4.88. The molecule has 28 heavy (non-hydrogen) atoms. The molecule has 1 N–H and O–H groups in total. The van der Waals surface area contributed by atoms with E-state index in [1.807, 2.05) is 54.6 Å². The van der Waals surface area contributed by atoms with Crippen LogP contribution in [-0.2, 0) is 17.6 Å². The normalized spacial score (nSPS) is 12.0. The molecule has 140 valence electrons. The quantitative estimate of drug-likeness (QED) is 0.562. The van der Waals surface area contributed by atoms with Gasteiger partial charge >= 0.3 is 0 Å². The third-order valence-corrected chi connectivity index (χ3v) is 4.88. The Hall–Kier alpha value is -3.54. The Balaban J connectivity index is 1.61. The second-order valence-corrected chi connectivity index (χ2v) is 6.68. The Labute approximate surface area is 163 Å². The van der Waals surface area contributed by atoms with Crippen LogP contribution in [0.15, 0.2) is 66.7 Å². The Morgan fingerprint density at radius 1 is 1.00 bits per heavy atom. The monoisotopic (exact) mass is 370 g/mol. The molecule has 0 aliphatic heterocycles. The van der Waals surface area contributed by atoms with Gasteiger partial charge in [0.25, 0.3) is 0 Å². The maximum atomic E-state index is 13.1. The Morgan fingerprint density at radius 2 is 1.75 bits per heavy atom. The molecule has 0 spiro atoms. The van der Waals surface area contributed by atoms with Gasteiger partial charge in [-0.25, -0.2) is 0 Å². The summed E-state index contributed by atoms with van der Waals surface area (Å²) in [5.74, 6) is -0.413. The second-order valence-electron chi connectivity index (χ2n) is 6.68. The van der Waals surface area contributed by atoms with Gasteiger partial charge in [0.15, 0.2) is 0 Å². The fraction of sp³-hybridized carbons (Fsp3) is 0.182. The van der Waals surface area contributed by atoms with Crippen LogP contribution >= 0.6 is 0 Å². The molecule has 1 amide bonds. The van der Waals surface area contributed by atoms with Gasteiger partial charge in [0, 0.05) is 16.9 Å². The average molecular weight is 370 g/mol. The highest BCUT2D eigenvalue weighted by molar-refractivity contribution is 6.04. The minimum Gasteiger partial charge on any atom is -0.335 e. The van der Waals surface area contributed by atoms with Crippen molar-refractivity contribution in [1.29, 1.82) is 0 Å². The highest BCUT2D eigenvalue weighted by Gasteiger charge is 2.21. The number of aromatic nitrogens is 4. The van der Waals surface area contributed by atoms with E-state index in [-0.39, 0.29) is 5.91 Å². The standard InChI is InChI=1S/C22H21N5O/c1-2-15-10-12-16(13-11-15)14-19(21-24-26-27-25-21)22(28)23-20-9-5-7-17-6-3-4-8-18(17)20/h3-13,19H,2,14H2,1H3,(H2,23,24,25,26,27,28)/p-1/t19-/m1/s1. The van der Waals surface area contributed by atoms with Crippen molar-refractivity contribution in [2.75, 3.05) is 5.32 Å². The van der Waals surface area contributed by atoms with Crippen LogP contribution in [0.4, 0.5) is 5.69 Å². The molecular weight excluding hydrogens is 350 g/mol. The molecule has 0 aliphatic carbocycles. The smallest absolute Gasteiger partial charge is 0.232 e. The largest absolute Gasteiger partial charge is 0.335 e. The fourth-order valence-corrected chi connectivity index (χ4v) is 3.29. The molecule has 6 heteroatoms. The maximum absolute atomic E-state index is 13.1. The first kappa shape index (κ1) is 17.9. The number of anilines is 1. The van der Waals surface area contributed by atoms with Gasteiger partial charge in [0.2, 0.25) is 5.91 Å². The van der Waals surface area contributed by atoms with Crippen LogP contribution in [0.5, 0.6) is 0 Å². The first-order valence-corrected chi connectivity index (χ1v) is 9.29. The van der Waals surface area contributed by atoms with E-state index >= 15 is 0 Å². The molecule has 0 aliphatic rings. The summed E-state index contributed by atoms with van der Waals surface area (Å²) in [7, 11) is 0. The topological polar surface area (TPSA) is 81.9 Å². The van der Waals surface area contributed by atoms with E-state index in [0.717, 1.165) is 28.4 Å².